The van der Waals surface area contributed by atoms with Crippen LogP contribution in [0.3, 0.4) is 0 Å². The molecule has 10 amide bonds. The number of benzene rings is 2. The average molecular weight is 1670 g/mol. The lowest BCUT2D eigenvalue weighted by Gasteiger charge is -2.43. The van der Waals surface area contributed by atoms with Crippen LogP contribution in [0.4, 0.5) is 0 Å². The molecule has 4 fully saturated rings. The number of nitrogens with one attached hydrogen (secondary N) is 8. The number of carbonyl (C=O) groups excluding carboxylic acids is 11. The van der Waals surface area contributed by atoms with Crippen LogP contribution in [0.1, 0.15) is 142 Å². The van der Waals surface area contributed by atoms with Crippen molar-refractivity contribution in [1.82, 2.24) is 57.2 Å². The Kier molecular flexibility index (Phi) is 40.1. The normalized spacial score (nSPS) is 23.9. The minimum absolute atomic E-state index is 0.0460. The summed E-state index contributed by atoms with van der Waals surface area (Å²) in [5.41, 5.74) is 1.10. The van der Waals surface area contributed by atoms with Crippen LogP contribution >= 0.6 is 23.5 Å². The molecule has 3 saturated heterocycles. The molecule has 2 aromatic rings. The number of aliphatic hydroxyl groups is 8. The molecule has 646 valence electrons. The van der Waals surface area contributed by atoms with E-state index in [1.54, 1.807) is 93.3 Å². The lowest BCUT2D eigenvalue weighted by molar-refractivity contribution is -0.145. The molecule has 0 radical (unpaired) electrons. The van der Waals surface area contributed by atoms with Crippen molar-refractivity contribution in [2.24, 2.45) is 17.8 Å². The van der Waals surface area contributed by atoms with Crippen LogP contribution < -0.4 is 42.5 Å². The Bertz CT molecular complexity index is 3630. The zero-order valence-electron chi connectivity index (χ0n) is 66.1. The fourth-order valence-corrected chi connectivity index (χ4v) is 16.9. The van der Waals surface area contributed by atoms with Gasteiger partial charge in [-0.05, 0) is 81.5 Å². The molecule has 6 rings (SSSR count). The van der Waals surface area contributed by atoms with Gasteiger partial charge in [0.15, 0.2) is 5.78 Å². The van der Waals surface area contributed by atoms with E-state index in [9.17, 15) is 123 Å². The minimum Gasteiger partial charge on any atom is -0.481 e. The predicted molar refractivity (Wildman–Crippen MR) is 422 cm³/mol. The SMILES string of the molecule is CCCCCC(NC(=O)C(Cc1ccccc1)NC(=O)C(Cc1ccccc1)NC(=O)C(CSC1CC(=O)N(CCCCN[C@H]2C(O)C[C@H](CO)[C@@H](O)[C@@H]2O)C1=O)NC(C)C)C(=O)NC(CC(=O)O)C(=O)C(CCC(=O)O)C(=O)NC(CC(C)C)C(=O)NC(CSC1CC(=O)N(CCCCN2CC(O)C(O)C(O)C2CO)C1=O)C(=O)O. The molecule has 3 aliphatic heterocycles. The van der Waals surface area contributed by atoms with Crippen LogP contribution in [-0.2, 0) is 80.0 Å². The highest BCUT2D eigenvalue weighted by molar-refractivity contribution is 8.01. The van der Waals surface area contributed by atoms with Crippen LogP contribution in [0, 0.1) is 17.8 Å². The summed E-state index contributed by atoms with van der Waals surface area (Å²) in [6.07, 6.45) is -9.06. The number of hydrogen-bond donors (Lipinski definition) is 19. The summed E-state index contributed by atoms with van der Waals surface area (Å²) >= 11 is 1.83. The summed E-state index contributed by atoms with van der Waals surface area (Å²) in [7, 11) is 0. The van der Waals surface area contributed by atoms with E-state index in [2.05, 4.69) is 42.5 Å². The fraction of sp³-hybridized carbons (Fsp3) is 0.667. The van der Waals surface area contributed by atoms with E-state index in [4.69, 9.17) is 0 Å². The fourth-order valence-electron chi connectivity index (χ4n) is 14.5. The molecule has 15 unspecified atom stereocenters. The number of carboxylic acid groups (broad SMARTS) is 3. The Balaban J connectivity index is 1.14. The van der Waals surface area contributed by atoms with Crippen molar-refractivity contribution in [3.8, 4) is 0 Å². The molecule has 1 saturated carbocycles. The number of carboxylic acids is 3. The van der Waals surface area contributed by atoms with E-state index < -0.39 is 240 Å². The number of unbranched alkanes of at least 4 members (excludes halogenated alkanes) is 4. The minimum atomic E-state index is -2.11. The molecule has 2 aromatic carbocycles. The van der Waals surface area contributed by atoms with Gasteiger partial charge in [-0.15, -0.1) is 23.5 Å². The number of likely N-dealkylation sites (tertiary alicyclic amines) is 3. The van der Waals surface area contributed by atoms with Gasteiger partial charge in [0.05, 0.1) is 78.0 Å². The number of imide groups is 2. The van der Waals surface area contributed by atoms with E-state index in [0.717, 1.165) is 33.3 Å². The molecule has 0 bridgehead atoms. The number of ketones is 1. The van der Waals surface area contributed by atoms with Gasteiger partial charge in [-0.1, -0.05) is 115 Å². The van der Waals surface area contributed by atoms with Gasteiger partial charge in [-0.3, -0.25) is 77.0 Å². The molecule has 38 heteroatoms. The quantitative estimate of drug-likeness (QED) is 0.0179. The van der Waals surface area contributed by atoms with E-state index in [-0.39, 0.29) is 102 Å². The van der Waals surface area contributed by atoms with Crippen LogP contribution in [0.2, 0.25) is 0 Å². The number of thioether (sulfide) groups is 2. The Labute approximate surface area is 681 Å². The highest BCUT2D eigenvalue weighted by Gasteiger charge is 2.46. The third-order valence-electron chi connectivity index (χ3n) is 20.9. The number of aliphatic hydroxyl groups excluding tert-OH is 8. The number of nitrogens with zero attached hydrogens (tertiary/aromatic N) is 3. The summed E-state index contributed by atoms with van der Waals surface area (Å²) in [5.74, 6) is -18.0. The van der Waals surface area contributed by atoms with Gasteiger partial charge in [0.1, 0.15) is 42.4 Å². The number of rotatable bonds is 51. The Hall–Kier alpha value is -8.12. The second-order valence-corrected chi connectivity index (χ2v) is 33.3. The van der Waals surface area contributed by atoms with E-state index >= 15 is 0 Å². The molecule has 0 spiro atoms. The molecule has 0 aromatic heterocycles. The Morgan fingerprint density at radius 2 is 1.00 bits per heavy atom. The lowest BCUT2D eigenvalue weighted by Crippen LogP contribution is -2.62. The summed E-state index contributed by atoms with van der Waals surface area (Å²) in [4.78, 5) is 198. The maximum absolute atomic E-state index is 15.0. The summed E-state index contributed by atoms with van der Waals surface area (Å²) in [6.45, 7) is 8.20. The van der Waals surface area contributed by atoms with Gasteiger partial charge in [-0.25, -0.2) is 4.79 Å². The van der Waals surface area contributed by atoms with Gasteiger partial charge in [-0.2, -0.15) is 0 Å². The first kappa shape index (κ1) is 96.7. The number of Topliss-reactive ketones (excluding diaryl/α,β-unsaturated/α-hetero) is 1. The molecular weight excluding hydrogens is 1560 g/mol. The van der Waals surface area contributed by atoms with Gasteiger partial charge in [0, 0.05) is 81.8 Å². The third kappa shape index (κ3) is 29.4. The molecular formula is C78H117N11O25S2. The van der Waals surface area contributed by atoms with E-state index in [1.807, 2.05) is 6.92 Å². The van der Waals surface area contributed by atoms with Crippen LogP contribution in [0.5, 0.6) is 0 Å². The first-order valence-corrected chi connectivity index (χ1v) is 41.7. The highest BCUT2D eigenvalue weighted by atomic mass is 32.2. The molecule has 19 N–H and O–H groups in total. The third-order valence-corrected chi connectivity index (χ3v) is 23.5. The standard InChI is InChI=1S/C78H117N11O25S2/c1-6-7-10-23-48(71(106)82-49(34-63(98)99)66(101)47(24-25-62(96)97)70(105)83-50(30-42(2)3)72(107)86-54(78(113)114)41-116-59-36-61(95)89(77(59)112)29-18-17-27-87-37-57(93)68(103)67(102)55(87)39-91)81-73(108)51(31-44-19-11-8-12-20-44)84-74(109)52(32-45-21-13-9-14-22-45)85-75(110)53(80-43(4)5)40-115-58-35-60(94)88(76(58)111)28-16-15-26-79-64-56(92)33-46(38-90)65(100)69(64)104/h8-9,11-14,19-22,42-43,46-59,64-65,67-69,79-80,90-93,100,102-104H,6-7,10,15-18,23-41H2,1-5H3,(H,81,108)(H,82,106)(H,83,105)(H,84,109)(H,85,110)(H,86,107)(H,96,97)(H,98,99)(H,113,114)/t46-,47?,48?,49?,50?,51?,52?,53?,54?,55?,56?,57?,58?,59?,64+,65-,67?,68?,69-/m1/s1. The molecule has 3 heterocycles. The smallest absolute Gasteiger partial charge is 0.327 e. The van der Waals surface area contributed by atoms with Gasteiger partial charge >= 0.3 is 17.9 Å². The van der Waals surface area contributed by atoms with Crippen LogP contribution in [-0.4, -0.2) is 319 Å². The van der Waals surface area contributed by atoms with Crippen LogP contribution in [0.25, 0.3) is 0 Å². The number of piperidine rings is 1. The van der Waals surface area contributed by atoms with Crippen molar-refractivity contribution in [3.05, 3.63) is 71.8 Å². The number of amides is 10. The first-order chi connectivity index (χ1) is 55.1. The summed E-state index contributed by atoms with van der Waals surface area (Å²) < 4.78 is 0. The van der Waals surface area contributed by atoms with Crippen LogP contribution in [0.15, 0.2) is 60.7 Å². The Morgan fingerprint density at radius 1 is 0.509 bits per heavy atom. The monoisotopic (exact) mass is 1670 g/mol. The topological polar surface area (TPSA) is 567 Å². The molecule has 4 aliphatic rings. The van der Waals surface area contributed by atoms with Crippen molar-refractivity contribution in [2.75, 3.05) is 57.4 Å². The van der Waals surface area contributed by atoms with E-state index in [1.165, 1.54) is 0 Å². The zero-order valence-corrected chi connectivity index (χ0v) is 67.7. The Morgan fingerprint density at radius 3 is 1.51 bits per heavy atom. The van der Waals surface area contributed by atoms with Crippen molar-refractivity contribution < 1.29 is 123 Å². The second-order valence-electron chi connectivity index (χ2n) is 30.8. The largest absolute Gasteiger partial charge is 0.481 e. The maximum atomic E-state index is 15.0. The zero-order chi connectivity index (χ0) is 85.6. The molecule has 19 atom stereocenters. The van der Waals surface area contributed by atoms with Gasteiger partial charge < -0.3 is 98.7 Å². The van der Waals surface area contributed by atoms with E-state index in [0.29, 0.717) is 43.2 Å². The number of β-amino-alcohol motifs (C(OH)–C–C–N with tert-alkyl or cyclic N) is 1. The molecule has 1 aliphatic carbocycles. The maximum Gasteiger partial charge on any atom is 0.327 e. The summed E-state index contributed by atoms with van der Waals surface area (Å²) in [5, 5.41) is 132. The number of carbonyl (C=O) groups is 14. The lowest BCUT2D eigenvalue weighted by atomic mass is 9.80. The highest BCUT2D eigenvalue weighted by Crippen LogP contribution is 2.30. The first-order valence-electron chi connectivity index (χ1n) is 39.6. The van der Waals surface area contributed by atoms with Crippen molar-refractivity contribution in [1.29, 1.82) is 0 Å². The molecule has 116 heavy (non-hydrogen) atoms. The van der Waals surface area contributed by atoms with Crippen molar-refractivity contribution in [3.63, 3.8) is 0 Å². The predicted octanol–water partition coefficient (Wildman–Crippen LogP) is -2.92. The van der Waals surface area contributed by atoms with Gasteiger partial charge in [0.2, 0.25) is 59.1 Å². The van der Waals surface area contributed by atoms with Crippen molar-refractivity contribution >= 4 is 106 Å². The number of aliphatic carboxylic acids is 3. The second kappa shape index (κ2) is 48.1. The average Bonchev–Trinajstić information content (AvgIpc) is 1.48. The van der Waals surface area contributed by atoms with Gasteiger partial charge in [0.25, 0.3) is 0 Å². The summed E-state index contributed by atoms with van der Waals surface area (Å²) in [6, 6.07) is 3.81. The molecule has 36 nitrogen and oxygen atoms in total. The van der Waals surface area contributed by atoms with Crippen molar-refractivity contribution in [2.45, 2.75) is 251 Å². The number of hydrogen-bond acceptors (Lipinski definition) is 27.